The number of nitrogens with zero attached hydrogens (tertiary/aromatic N) is 1. The minimum atomic E-state index is -3.77. The third kappa shape index (κ3) is 3.24. The Morgan fingerprint density at radius 2 is 1.84 bits per heavy atom. The van der Waals surface area contributed by atoms with Crippen LogP contribution in [0.25, 0.3) is 0 Å². The summed E-state index contributed by atoms with van der Waals surface area (Å²) in [7, 11) is -0.969. The lowest BCUT2D eigenvalue weighted by atomic mass is 10.1. The lowest BCUT2D eigenvalue weighted by Gasteiger charge is -2.18. The summed E-state index contributed by atoms with van der Waals surface area (Å²) in [6, 6.07) is 3.15. The monoisotopic (exact) mass is 285 g/mol. The summed E-state index contributed by atoms with van der Waals surface area (Å²) in [4.78, 5) is 11.3. The Bertz CT molecular complexity index is 596. The molecule has 1 amide bonds. The average Bonchev–Trinajstić information content (AvgIpc) is 2.33. The van der Waals surface area contributed by atoms with Gasteiger partial charge in [0.25, 0.3) is 0 Å². The molecule has 0 aliphatic rings. The SMILES string of the molecule is CNC(=O)CN(C)S(=O)(=O)c1cc(C)c(C)cc1N. The van der Waals surface area contributed by atoms with Crippen LogP contribution in [0.2, 0.25) is 0 Å². The van der Waals surface area contributed by atoms with Crippen LogP contribution in [0.3, 0.4) is 0 Å². The highest BCUT2D eigenvalue weighted by atomic mass is 32.2. The average molecular weight is 285 g/mol. The van der Waals surface area contributed by atoms with Gasteiger partial charge in [0.05, 0.1) is 12.2 Å². The molecule has 0 aliphatic heterocycles. The number of carbonyl (C=O) groups excluding carboxylic acids is 1. The molecular formula is C12H19N3O3S. The van der Waals surface area contributed by atoms with Gasteiger partial charge >= 0.3 is 0 Å². The largest absolute Gasteiger partial charge is 0.398 e. The molecule has 1 aromatic rings. The second-order valence-electron chi connectivity index (χ2n) is 4.41. The van der Waals surface area contributed by atoms with Crippen LogP contribution in [-0.4, -0.2) is 39.3 Å². The van der Waals surface area contributed by atoms with Crippen LogP contribution in [-0.2, 0) is 14.8 Å². The number of rotatable bonds is 4. The van der Waals surface area contributed by atoms with Gasteiger partial charge in [0, 0.05) is 14.1 Å². The number of benzene rings is 1. The Morgan fingerprint density at radius 3 is 2.37 bits per heavy atom. The van der Waals surface area contributed by atoms with Crippen LogP contribution in [0, 0.1) is 13.8 Å². The summed E-state index contributed by atoms with van der Waals surface area (Å²) in [5.41, 5.74) is 7.71. The van der Waals surface area contributed by atoms with Gasteiger partial charge in [-0.25, -0.2) is 8.42 Å². The van der Waals surface area contributed by atoms with E-state index in [4.69, 9.17) is 5.73 Å². The smallest absolute Gasteiger partial charge is 0.245 e. The molecule has 7 heteroatoms. The Hall–Kier alpha value is -1.60. The van der Waals surface area contributed by atoms with Crippen molar-refractivity contribution in [2.24, 2.45) is 0 Å². The number of nitrogens with two attached hydrogens (primary N) is 1. The van der Waals surface area contributed by atoms with Crippen molar-refractivity contribution >= 4 is 21.6 Å². The molecule has 0 unspecified atom stereocenters. The molecular weight excluding hydrogens is 266 g/mol. The summed E-state index contributed by atoms with van der Waals surface area (Å²) in [6.07, 6.45) is 0. The van der Waals surface area contributed by atoms with Gasteiger partial charge in [-0.15, -0.1) is 0 Å². The third-order valence-corrected chi connectivity index (χ3v) is 4.82. The molecule has 106 valence electrons. The van der Waals surface area contributed by atoms with E-state index in [1.165, 1.54) is 20.2 Å². The zero-order valence-corrected chi connectivity index (χ0v) is 12.3. The number of nitrogens with one attached hydrogen (secondary N) is 1. The minimum Gasteiger partial charge on any atom is -0.398 e. The molecule has 0 bridgehead atoms. The molecule has 0 atom stereocenters. The summed E-state index contributed by atoms with van der Waals surface area (Å²) >= 11 is 0. The first-order valence-corrected chi connectivity index (χ1v) is 7.17. The van der Waals surface area contributed by atoms with E-state index in [0.29, 0.717) is 0 Å². The fourth-order valence-corrected chi connectivity index (χ4v) is 2.88. The number of anilines is 1. The van der Waals surface area contributed by atoms with Crippen LogP contribution in [0.4, 0.5) is 5.69 Å². The van der Waals surface area contributed by atoms with Crippen LogP contribution >= 0.6 is 0 Å². The number of hydrogen-bond donors (Lipinski definition) is 2. The quantitative estimate of drug-likeness (QED) is 0.776. The maximum absolute atomic E-state index is 12.3. The van der Waals surface area contributed by atoms with E-state index in [9.17, 15) is 13.2 Å². The minimum absolute atomic E-state index is 0.0296. The number of nitrogen functional groups attached to an aromatic ring is 1. The predicted molar refractivity (Wildman–Crippen MR) is 74.2 cm³/mol. The maximum atomic E-state index is 12.3. The molecule has 0 spiro atoms. The molecule has 0 fully saturated rings. The van der Waals surface area contributed by atoms with Gasteiger partial charge in [-0.2, -0.15) is 4.31 Å². The second-order valence-corrected chi connectivity index (χ2v) is 6.42. The lowest BCUT2D eigenvalue weighted by Crippen LogP contribution is -2.37. The fourth-order valence-electron chi connectivity index (χ4n) is 1.57. The van der Waals surface area contributed by atoms with Crippen LogP contribution in [0.5, 0.6) is 0 Å². The van der Waals surface area contributed by atoms with Gasteiger partial charge in [-0.1, -0.05) is 0 Å². The molecule has 0 saturated carbocycles. The van der Waals surface area contributed by atoms with Gasteiger partial charge in [0.1, 0.15) is 4.90 Å². The van der Waals surface area contributed by atoms with Crippen molar-refractivity contribution in [3.8, 4) is 0 Å². The van der Waals surface area contributed by atoms with Crippen LogP contribution in [0.1, 0.15) is 11.1 Å². The molecule has 0 aliphatic carbocycles. The van der Waals surface area contributed by atoms with Crippen molar-refractivity contribution in [2.45, 2.75) is 18.7 Å². The number of hydrogen-bond acceptors (Lipinski definition) is 4. The zero-order chi connectivity index (χ0) is 14.8. The van der Waals surface area contributed by atoms with Crippen molar-refractivity contribution in [3.63, 3.8) is 0 Å². The van der Waals surface area contributed by atoms with Crippen LogP contribution < -0.4 is 11.1 Å². The Morgan fingerprint density at radius 1 is 1.32 bits per heavy atom. The summed E-state index contributed by atoms with van der Waals surface area (Å²) in [6.45, 7) is 3.42. The number of likely N-dealkylation sites (N-methyl/N-ethyl adjacent to an activating group) is 2. The van der Waals surface area contributed by atoms with Crippen molar-refractivity contribution in [1.82, 2.24) is 9.62 Å². The summed E-state index contributed by atoms with van der Waals surface area (Å²) in [5.74, 6) is -0.381. The molecule has 0 saturated heterocycles. The fraction of sp³-hybridized carbons (Fsp3) is 0.417. The zero-order valence-electron chi connectivity index (χ0n) is 11.5. The molecule has 19 heavy (non-hydrogen) atoms. The van der Waals surface area contributed by atoms with E-state index >= 15 is 0 Å². The molecule has 1 rings (SSSR count). The number of amides is 1. The van der Waals surface area contributed by atoms with E-state index in [2.05, 4.69) is 5.32 Å². The normalized spacial score (nSPS) is 11.6. The summed E-state index contributed by atoms with van der Waals surface area (Å²) < 4.78 is 25.6. The van der Waals surface area contributed by atoms with Gasteiger partial charge in [-0.05, 0) is 37.1 Å². The highest BCUT2D eigenvalue weighted by molar-refractivity contribution is 7.89. The first-order valence-electron chi connectivity index (χ1n) is 5.73. The second kappa shape index (κ2) is 5.58. The molecule has 0 aromatic heterocycles. The third-order valence-electron chi connectivity index (χ3n) is 2.96. The van der Waals surface area contributed by atoms with Crippen LogP contribution in [0.15, 0.2) is 17.0 Å². The number of sulfonamides is 1. The highest BCUT2D eigenvalue weighted by Crippen LogP contribution is 2.25. The first kappa shape index (κ1) is 15.5. The molecule has 0 radical (unpaired) electrons. The standard InChI is InChI=1S/C12H19N3O3S/c1-8-5-10(13)11(6-9(8)2)19(17,18)15(4)7-12(16)14-3/h5-6H,7,13H2,1-4H3,(H,14,16). The highest BCUT2D eigenvalue weighted by Gasteiger charge is 2.25. The van der Waals surface area contributed by atoms with Gasteiger partial charge in [0.15, 0.2) is 0 Å². The van der Waals surface area contributed by atoms with Crippen molar-refractivity contribution in [2.75, 3.05) is 26.4 Å². The maximum Gasteiger partial charge on any atom is 0.245 e. The van der Waals surface area contributed by atoms with Crippen molar-refractivity contribution in [1.29, 1.82) is 0 Å². The number of carbonyl (C=O) groups is 1. The van der Waals surface area contributed by atoms with E-state index < -0.39 is 10.0 Å². The Kier molecular flexibility index (Phi) is 4.54. The summed E-state index contributed by atoms with van der Waals surface area (Å²) in [5, 5.41) is 2.38. The van der Waals surface area contributed by atoms with Gasteiger partial charge < -0.3 is 11.1 Å². The number of aryl methyl sites for hydroxylation is 2. The molecule has 3 N–H and O–H groups in total. The van der Waals surface area contributed by atoms with E-state index in [-0.39, 0.29) is 23.0 Å². The van der Waals surface area contributed by atoms with Gasteiger partial charge in [0.2, 0.25) is 15.9 Å². The Balaban J connectivity index is 3.20. The predicted octanol–water partition coefficient (Wildman–Crippen LogP) is 0.252. The van der Waals surface area contributed by atoms with E-state index in [1.807, 2.05) is 13.8 Å². The Labute approximate surface area is 113 Å². The van der Waals surface area contributed by atoms with Crippen molar-refractivity contribution < 1.29 is 13.2 Å². The molecule has 0 heterocycles. The molecule has 6 nitrogen and oxygen atoms in total. The lowest BCUT2D eigenvalue weighted by molar-refractivity contribution is -0.120. The topological polar surface area (TPSA) is 92.5 Å². The first-order chi connectivity index (χ1) is 8.70. The van der Waals surface area contributed by atoms with Crippen molar-refractivity contribution in [3.05, 3.63) is 23.3 Å². The van der Waals surface area contributed by atoms with E-state index in [1.54, 1.807) is 6.07 Å². The molecule has 1 aromatic carbocycles. The van der Waals surface area contributed by atoms with Gasteiger partial charge in [-0.3, -0.25) is 4.79 Å². The van der Waals surface area contributed by atoms with E-state index in [0.717, 1.165) is 15.4 Å².